The van der Waals surface area contributed by atoms with Gasteiger partial charge in [-0.15, -0.1) is 0 Å². The maximum absolute atomic E-state index is 2.08. The van der Waals surface area contributed by atoms with Crippen LogP contribution in [0.3, 0.4) is 0 Å². The molecule has 0 saturated heterocycles. The Morgan fingerprint density at radius 3 is 1.00 bits per heavy atom. The van der Waals surface area contributed by atoms with E-state index in [2.05, 4.69) is 21.1 Å². The molecule has 0 bridgehead atoms. The maximum Gasteiger partial charge on any atom is 1.00 e. The van der Waals surface area contributed by atoms with Crippen molar-refractivity contribution in [3.63, 3.8) is 0 Å². The Hall–Kier alpha value is 1.77. The van der Waals surface area contributed by atoms with Crippen LogP contribution in [-0.4, -0.2) is 21.1 Å². The van der Waals surface area contributed by atoms with E-state index in [1.165, 1.54) is 4.90 Å². The quantitative estimate of drug-likeness (QED) is 0.353. The van der Waals surface area contributed by atoms with Crippen molar-refractivity contribution in [2.75, 3.05) is 21.1 Å². The third-order valence-corrected chi connectivity index (χ3v) is 0. The van der Waals surface area contributed by atoms with E-state index in [-0.39, 0.29) is 58.2 Å². The zero-order valence-electron chi connectivity index (χ0n) is 4.50. The Bertz CT molecular complexity index is 11.6. The molecule has 0 aromatic heterocycles. The predicted molar refractivity (Wildman–Crippen MR) is 18.7 cm³/mol. The van der Waals surface area contributed by atoms with Gasteiger partial charge in [0, 0.05) is 0 Å². The van der Waals surface area contributed by atoms with Gasteiger partial charge in [0.15, 0.2) is 0 Å². The second kappa shape index (κ2) is 5.77. The van der Waals surface area contributed by atoms with Crippen LogP contribution in [0.2, 0.25) is 0 Å². The van der Waals surface area contributed by atoms with Crippen LogP contribution < -0.4 is 63.1 Å². The van der Waals surface area contributed by atoms with Crippen LogP contribution in [0.5, 0.6) is 0 Å². The molecule has 2 heteroatoms. The molecule has 0 saturated carbocycles. The first-order valence-corrected chi connectivity index (χ1v) is 1.50. The number of hydrogen-bond acceptors (Lipinski definition) is 0. The normalized spacial score (nSPS) is 7.20. The molecular weight excluding hydrogens is 136 g/mol. The molecule has 26 valence electrons. The fourth-order valence-corrected chi connectivity index (χ4v) is 0. The molecule has 0 unspecified atom stereocenters. The van der Waals surface area contributed by atoms with Crippen LogP contribution in [0.1, 0.15) is 0 Å². The monoisotopic (exact) mass is 145 g/mol. The number of rotatable bonds is 0. The molecule has 0 radical (unpaired) electrons. The zero-order valence-corrected chi connectivity index (χ0v) is 9.42. The van der Waals surface area contributed by atoms with Gasteiger partial charge >= 0.3 is 58.2 Å². The summed E-state index contributed by atoms with van der Waals surface area (Å²) in [7, 11) is 6.25. The Morgan fingerprint density at radius 1 is 1.00 bits per heavy atom. The molecule has 0 heterocycles. The number of hydrogen-bond donors (Lipinski definition) is 1. The molecule has 0 aromatic rings. The standard InChI is InChI=1S/C3H9N.Rb/c1-4(2)3;/h1-3H3;/q;+1/p+1. The van der Waals surface area contributed by atoms with Crippen molar-refractivity contribution < 1.29 is 63.1 Å². The summed E-state index contributed by atoms with van der Waals surface area (Å²) in [4.78, 5) is 1.42. The molecule has 0 aliphatic carbocycles. The van der Waals surface area contributed by atoms with E-state index in [1.54, 1.807) is 0 Å². The topological polar surface area (TPSA) is 4.44 Å². The minimum atomic E-state index is 0. The van der Waals surface area contributed by atoms with Crippen molar-refractivity contribution in [1.82, 2.24) is 0 Å². The van der Waals surface area contributed by atoms with Gasteiger partial charge in [0.05, 0.1) is 21.1 Å². The third kappa shape index (κ3) is 26.2. The summed E-state index contributed by atoms with van der Waals surface area (Å²) in [6, 6.07) is 0. The Balaban J connectivity index is 0. The van der Waals surface area contributed by atoms with E-state index in [9.17, 15) is 0 Å². The number of quaternary nitrogens is 1. The average molecular weight is 146 g/mol. The van der Waals surface area contributed by atoms with Crippen LogP contribution in [-0.2, 0) is 0 Å². The van der Waals surface area contributed by atoms with Crippen LogP contribution >= 0.6 is 0 Å². The van der Waals surface area contributed by atoms with Crippen molar-refractivity contribution in [3.8, 4) is 0 Å². The molecule has 1 nitrogen and oxygen atoms in total. The van der Waals surface area contributed by atoms with Crippen LogP contribution in [0.15, 0.2) is 0 Å². The van der Waals surface area contributed by atoms with Crippen LogP contribution in [0.25, 0.3) is 0 Å². The maximum atomic E-state index is 2.08. The molecule has 5 heavy (non-hydrogen) atoms. The zero-order chi connectivity index (χ0) is 3.58. The first-order valence-electron chi connectivity index (χ1n) is 1.50. The minimum Gasteiger partial charge on any atom is -0.342 e. The van der Waals surface area contributed by atoms with E-state index < -0.39 is 0 Å². The summed E-state index contributed by atoms with van der Waals surface area (Å²) in [5, 5.41) is 0. The molecule has 0 aliphatic rings. The van der Waals surface area contributed by atoms with Gasteiger partial charge in [-0.2, -0.15) is 0 Å². The van der Waals surface area contributed by atoms with Gasteiger partial charge in [-0.25, -0.2) is 0 Å². The summed E-state index contributed by atoms with van der Waals surface area (Å²) in [6.45, 7) is 0. The van der Waals surface area contributed by atoms with Gasteiger partial charge in [-0.1, -0.05) is 0 Å². The van der Waals surface area contributed by atoms with Gasteiger partial charge in [0.1, 0.15) is 0 Å². The fourth-order valence-electron chi connectivity index (χ4n) is 0. The Kier molecular flexibility index (Phi) is 11.4. The number of nitrogens with one attached hydrogen (secondary N) is 1. The molecule has 0 amide bonds. The smallest absolute Gasteiger partial charge is 0.342 e. The Morgan fingerprint density at radius 2 is 1.00 bits per heavy atom. The van der Waals surface area contributed by atoms with E-state index in [0.29, 0.717) is 0 Å². The van der Waals surface area contributed by atoms with E-state index in [0.717, 1.165) is 0 Å². The van der Waals surface area contributed by atoms with Crippen molar-refractivity contribution in [1.29, 1.82) is 0 Å². The summed E-state index contributed by atoms with van der Waals surface area (Å²) in [5.41, 5.74) is 0. The van der Waals surface area contributed by atoms with Crippen LogP contribution in [0, 0.1) is 0 Å². The van der Waals surface area contributed by atoms with E-state index in [4.69, 9.17) is 0 Å². The first kappa shape index (κ1) is 9.90. The summed E-state index contributed by atoms with van der Waals surface area (Å²) in [6.07, 6.45) is 0. The van der Waals surface area contributed by atoms with E-state index in [1.807, 2.05) is 0 Å². The van der Waals surface area contributed by atoms with Crippen molar-refractivity contribution in [2.45, 2.75) is 0 Å². The Labute approximate surface area is 82.5 Å². The van der Waals surface area contributed by atoms with Gasteiger partial charge in [0.25, 0.3) is 0 Å². The molecule has 0 fully saturated rings. The second-order valence-electron chi connectivity index (χ2n) is 1.50. The predicted octanol–water partition coefficient (Wildman–Crippen LogP) is -4.24. The molecule has 0 spiro atoms. The van der Waals surface area contributed by atoms with E-state index >= 15 is 0 Å². The third-order valence-electron chi connectivity index (χ3n) is 0. The van der Waals surface area contributed by atoms with Crippen molar-refractivity contribution in [2.24, 2.45) is 0 Å². The molecule has 0 atom stereocenters. The van der Waals surface area contributed by atoms with Gasteiger partial charge < -0.3 is 4.90 Å². The fraction of sp³-hybridized carbons (Fsp3) is 1.00. The first-order chi connectivity index (χ1) is 1.73. The van der Waals surface area contributed by atoms with Gasteiger partial charge in [0.2, 0.25) is 0 Å². The summed E-state index contributed by atoms with van der Waals surface area (Å²) in [5.74, 6) is 0. The summed E-state index contributed by atoms with van der Waals surface area (Å²) < 4.78 is 0. The van der Waals surface area contributed by atoms with Crippen molar-refractivity contribution >= 4 is 0 Å². The molecule has 0 aliphatic heterocycles. The van der Waals surface area contributed by atoms with Crippen molar-refractivity contribution in [3.05, 3.63) is 0 Å². The van der Waals surface area contributed by atoms with Gasteiger partial charge in [-0.05, 0) is 0 Å². The van der Waals surface area contributed by atoms with Crippen LogP contribution in [0.4, 0.5) is 0 Å². The molecule has 0 rings (SSSR count). The SMILES string of the molecule is C[NH+](C)C.[Rb+]. The second-order valence-corrected chi connectivity index (χ2v) is 1.50. The molecule has 0 aromatic carbocycles. The molecule has 1 N–H and O–H groups in total. The summed E-state index contributed by atoms with van der Waals surface area (Å²) >= 11 is 0. The molecular formula is C3H10NRb+2. The van der Waals surface area contributed by atoms with Gasteiger partial charge in [-0.3, -0.25) is 0 Å². The minimum absolute atomic E-state index is 0. The largest absolute Gasteiger partial charge is 1.00 e. The average Bonchev–Trinajstić information content (AvgIpc) is 0.811.